The normalized spacial score (nSPS) is 11.6. The highest BCUT2D eigenvalue weighted by Gasteiger charge is 2.33. The van der Waals surface area contributed by atoms with Crippen LogP contribution >= 0.6 is 0 Å². The Hall–Kier alpha value is -2.45. The lowest BCUT2D eigenvalue weighted by Gasteiger charge is -2.22. The highest BCUT2D eigenvalue weighted by molar-refractivity contribution is 5.89. The molecule has 1 aromatic carbocycles. The van der Waals surface area contributed by atoms with E-state index >= 15 is 0 Å². The third-order valence-electron chi connectivity index (χ3n) is 2.60. The molecular weight excluding hydrogens is 343 g/mol. The number of carbonyl (C=O) groups is 2. The Bertz CT molecular complexity index is 623. The summed E-state index contributed by atoms with van der Waals surface area (Å²) in [5, 5.41) is 2.21. The Kier molecular flexibility index (Phi) is 6.66. The molecule has 140 valence electrons. The largest absolute Gasteiger partial charge is 0.573 e. The third kappa shape index (κ3) is 7.77. The van der Waals surface area contributed by atoms with E-state index in [4.69, 9.17) is 9.47 Å². The summed E-state index contributed by atoms with van der Waals surface area (Å²) < 4.78 is 51.5. The lowest BCUT2D eigenvalue weighted by Crippen LogP contribution is -2.28. The van der Waals surface area contributed by atoms with Crippen LogP contribution in [0.25, 0.3) is 0 Å². The number of halogens is 3. The molecule has 1 rings (SSSR count). The van der Waals surface area contributed by atoms with Crippen LogP contribution in [0.1, 0.15) is 33.3 Å². The van der Waals surface area contributed by atoms with Crippen molar-refractivity contribution >= 4 is 17.7 Å². The van der Waals surface area contributed by atoms with E-state index in [0.29, 0.717) is 0 Å². The van der Waals surface area contributed by atoms with Gasteiger partial charge in [0.1, 0.15) is 5.60 Å². The van der Waals surface area contributed by atoms with Crippen LogP contribution < -0.4 is 10.1 Å². The molecule has 0 bridgehead atoms. The number of anilines is 1. The van der Waals surface area contributed by atoms with Gasteiger partial charge in [-0.05, 0) is 39.3 Å². The van der Waals surface area contributed by atoms with Gasteiger partial charge in [-0.15, -0.1) is 13.2 Å². The smallest absolute Gasteiger partial charge is 0.466 e. The van der Waals surface area contributed by atoms with Gasteiger partial charge in [0, 0.05) is 0 Å². The van der Waals surface area contributed by atoms with E-state index in [9.17, 15) is 22.8 Å². The summed E-state index contributed by atoms with van der Waals surface area (Å²) in [6.45, 7) is 6.52. The van der Waals surface area contributed by atoms with Crippen LogP contribution in [0.5, 0.6) is 5.75 Å². The molecule has 6 nitrogen and oxygen atoms in total. The molecule has 0 aliphatic carbocycles. The minimum Gasteiger partial charge on any atom is -0.466 e. The predicted molar refractivity (Wildman–Crippen MR) is 83.3 cm³/mol. The first-order valence-corrected chi connectivity index (χ1v) is 7.44. The van der Waals surface area contributed by atoms with Crippen molar-refractivity contribution in [3.63, 3.8) is 0 Å². The molecule has 0 aliphatic heterocycles. The lowest BCUT2D eigenvalue weighted by molar-refractivity contribution is -0.274. The molecular formula is C16H20F3NO5. The minimum atomic E-state index is -4.97. The molecule has 1 N–H and O–H groups in total. The van der Waals surface area contributed by atoms with Crippen molar-refractivity contribution in [3.05, 3.63) is 23.8 Å². The Balaban J connectivity index is 3.17. The summed E-state index contributed by atoms with van der Waals surface area (Å²) in [4.78, 5) is 23.6. The summed E-state index contributed by atoms with van der Waals surface area (Å²) >= 11 is 0. The highest BCUT2D eigenvalue weighted by Crippen LogP contribution is 2.34. The average molecular weight is 363 g/mol. The Morgan fingerprint density at radius 2 is 1.80 bits per heavy atom. The van der Waals surface area contributed by atoms with Gasteiger partial charge in [0.25, 0.3) is 0 Å². The number of carbonyl (C=O) groups excluding carboxylic acids is 2. The van der Waals surface area contributed by atoms with Crippen LogP contribution in [0.15, 0.2) is 18.2 Å². The molecule has 0 aromatic heterocycles. The maximum absolute atomic E-state index is 12.6. The summed E-state index contributed by atoms with van der Waals surface area (Å²) in [5.74, 6) is -1.31. The molecule has 0 spiro atoms. The van der Waals surface area contributed by atoms with E-state index in [1.54, 1.807) is 27.7 Å². The molecule has 0 saturated heterocycles. The second kappa shape index (κ2) is 8.09. The number of para-hydroxylation sites is 1. The van der Waals surface area contributed by atoms with E-state index in [0.717, 1.165) is 6.07 Å². The Morgan fingerprint density at radius 3 is 2.32 bits per heavy atom. The van der Waals surface area contributed by atoms with Crippen LogP contribution in [-0.2, 0) is 20.7 Å². The van der Waals surface area contributed by atoms with E-state index in [2.05, 4.69) is 10.1 Å². The molecule has 0 atom stereocenters. The first kappa shape index (κ1) is 20.6. The summed E-state index contributed by atoms with van der Waals surface area (Å²) in [5.41, 5.74) is -1.06. The van der Waals surface area contributed by atoms with Crippen molar-refractivity contribution in [2.45, 2.75) is 46.1 Å². The topological polar surface area (TPSA) is 73.9 Å². The van der Waals surface area contributed by atoms with E-state index in [-0.39, 0.29) is 24.3 Å². The summed E-state index contributed by atoms with van der Waals surface area (Å²) in [6.07, 6.45) is -6.28. The average Bonchev–Trinajstić information content (AvgIpc) is 2.38. The van der Waals surface area contributed by atoms with Crippen molar-refractivity contribution in [2.75, 3.05) is 11.9 Å². The molecule has 1 aromatic rings. The van der Waals surface area contributed by atoms with Crippen LogP contribution in [0.3, 0.4) is 0 Å². The maximum Gasteiger partial charge on any atom is 0.573 e. The SMILES string of the molecule is CCOC(=O)Cc1cccc(OC(F)(F)F)c1NC(=O)OC(C)(C)C. The first-order valence-electron chi connectivity index (χ1n) is 7.44. The standard InChI is InChI=1S/C16H20F3NO5/c1-5-23-12(21)9-10-7-6-8-11(24-16(17,18)19)13(10)20-14(22)25-15(2,3)4/h6-8H,5,9H2,1-4H3,(H,20,22). The van der Waals surface area contributed by atoms with Gasteiger partial charge in [0.15, 0.2) is 5.75 Å². The number of hydrogen-bond acceptors (Lipinski definition) is 5. The van der Waals surface area contributed by atoms with Gasteiger partial charge in [0.2, 0.25) is 0 Å². The number of esters is 1. The van der Waals surface area contributed by atoms with Gasteiger partial charge in [-0.3, -0.25) is 10.1 Å². The van der Waals surface area contributed by atoms with Crippen molar-refractivity contribution < 1.29 is 37.0 Å². The van der Waals surface area contributed by atoms with Gasteiger partial charge in [-0.25, -0.2) is 4.79 Å². The molecule has 25 heavy (non-hydrogen) atoms. The van der Waals surface area contributed by atoms with Crippen LogP contribution in [0, 0.1) is 0 Å². The zero-order chi connectivity index (χ0) is 19.3. The lowest BCUT2D eigenvalue weighted by atomic mass is 10.1. The molecule has 0 radical (unpaired) electrons. The molecule has 0 unspecified atom stereocenters. The van der Waals surface area contributed by atoms with Gasteiger partial charge in [-0.1, -0.05) is 12.1 Å². The number of benzene rings is 1. The summed E-state index contributed by atoms with van der Waals surface area (Å²) in [6, 6.07) is 3.68. The number of hydrogen-bond donors (Lipinski definition) is 1. The fourth-order valence-electron chi connectivity index (χ4n) is 1.85. The van der Waals surface area contributed by atoms with Crippen LogP contribution in [0.2, 0.25) is 0 Å². The maximum atomic E-state index is 12.6. The Morgan fingerprint density at radius 1 is 1.16 bits per heavy atom. The first-order chi connectivity index (χ1) is 11.4. The Labute approximate surface area is 143 Å². The van der Waals surface area contributed by atoms with Crippen molar-refractivity contribution in [1.82, 2.24) is 0 Å². The quantitative estimate of drug-likeness (QED) is 0.800. The highest BCUT2D eigenvalue weighted by atomic mass is 19.4. The molecule has 0 fully saturated rings. The van der Waals surface area contributed by atoms with Crippen molar-refractivity contribution in [2.24, 2.45) is 0 Å². The van der Waals surface area contributed by atoms with E-state index < -0.39 is 29.8 Å². The molecule has 9 heteroatoms. The minimum absolute atomic E-state index is 0.103. The van der Waals surface area contributed by atoms with Crippen molar-refractivity contribution in [3.8, 4) is 5.75 Å². The van der Waals surface area contributed by atoms with Gasteiger partial charge in [0.05, 0.1) is 18.7 Å². The molecule has 0 heterocycles. The molecule has 0 saturated carbocycles. The number of ether oxygens (including phenoxy) is 3. The van der Waals surface area contributed by atoms with E-state index in [1.807, 2.05) is 0 Å². The number of amides is 1. The monoisotopic (exact) mass is 363 g/mol. The number of nitrogens with one attached hydrogen (secondary N) is 1. The van der Waals surface area contributed by atoms with Gasteiger partial charge in [-0.2, -0.15) is 0 Å². The zero-order valence-electron chi connectivity index (χ0n) is 14.3. The summed E-state index contributed by atoms with van der Waals surface area (Å²) in [7, 11) is 0. The van der Waals surface area contributed by atoms with E-state index in [1.165, 1.54) is 12.1 Å². The second-order valence-corrected chi connectivity index (χ2v) is 5.95. The fraction of sp³-hybridized carbons (Fsp3) is 0.500. The van der Waals surface area contributed by atoms with Crippen molar-refractivity contribution in [1.29, 1.82) is 0 Å². The van der Waals surface area contributed by atoms with Crippen LogP contribution in [0.4, 0.5) is 23.7 Å². The number of alkyl halides is 3. The van der Waals surface area contributed by atoms with Gasteiger partial charge >= 0.3 is 18.4 Å². The molecule has 1 amide bonds. The molecule has 0 aliphatic rings. The number of rotatable bonds is 5. The fourth-order valence-corrected chi connectivity index (χ4v) is 1.85. The van der Waals surface area contributed by atoms with Gasteiger partial charge < -0.3 is 14.2 Å². The zero-order valence-corrected chi connectivity index (χ0v) is 14.3. The third-order valence-corrected chi connectivity index (χ3v) is 2.60. The second-order valence-electron chi connectivity index (χ2n) is 5.95. The van der Waals surface area contributed by atoms with Crippen LogP contribution in [-0.4, -0.2) is 30.6 Å². The predicted octanol–water partition coefficient (Wildman–Crippen LogP) is 4.04.